The predicted molar refractivity (Wildman–Crippen MR) is 79.8 cm³/mol. The molecule has 1 atom stereocenters. The van der Waals surface area contributed by atoms with Gasteiger partial charge in [0.25, 0.3) is 5.91 Å². The van der Waals surface area contributed by atoms with E-state index in [0.717, 1.165) is 12.8 Å². The summed E-state index contributed by atoms with van der Waals surface area (Å²) < 4.78 is 0. The van der Waals surface area contributed by atoms with Crippen LogP contribution in [0, 0.1) is 5.92 Å². The maximum atomic E-state index is 12.5. The third-order valence-corrected chi connectivity index (χ3v) is 4.13. The van der Waals surface area contributed by atoms with Gasteiger partial charge in [-0.1, -0.05) is 23.2 Å². The van der Waals surface area contributed by atoms with Crippen LogP contribution in [0.25, 0.3) is 0 Å². The van der Waals surface area contributed by atoms with E-state index in [1.54, 1.807) is 4.90 Å². The normalized spacial score (nSPS) is 18.6. The summed E-state index contributed by atoms with van der Waals surface area (Å²) in [6.45, 7) is 1.21. The van der Waals surface area contributed by atoms with E-state index >= 15 is 0 Å². The molecule has 2 heterocycles. The molecule has 0 saturated carbocycles. The lowest BCUT2D eigenvalue weighted by molar-refractivity contribution is -0.137. The number of hydrogen-bond donors (Lipinski definition) is 1. The minimum atomic E-state index is -0.803. The van der Waals surface area contributed by atoms with E-state index in [2.05, 4.69) is 4.98 Å². The van der Waals surface area contributed by atoms with Gasteiger partial charge in [0.15, 0.2) is 0 Å². The third kappa shape index (κ3) is 4.32. The summed E-state index contributed by atoms with van der Waals surface area (Å²) in [7, 11) is 0. The molecule has 0 spiro atoms. The number of carboxylic acids is 1. The number of aromatic nitrogens is 1. The first-order chi connectivity index (χ1) is 9.97. The predicted octanol–water partition coefficient (Wildman–Crippen LogP) is 3.11. The number of piperidine rings is 1. The van der Waals surface area contributed by atoms with Gasteiger partial charge in [0, 0.05) is 25.7 Å². The molecule has 0 aliphatic carbocycles. The van der Waals surface area contributed by atoms with Crippen LogP contribution in [0.1, 0.15) is 36.0 Å². The summed E-state index contributed by atoms with van der Waals surface area (Å²) in [6.07, 6.45) is 3.90. The molecule has 1 fully saturated rings. The van der Waals surface area contributed by atoms with Gasteiger partial charge in [-0.25, -0.2) is 4.98 Å². The third-order valence-electron chi connectivity index (χ3n) is 3.63. The van der Waals surface area contributed by atoms with Crippen molar-refractivity contribution in [3.63, 3.8) is 0 Å². The maximum absolute atomic E-state index is 12.5. The van der Waals surface area contributed by atoms with Crippen LogP contribution in [0.4, 0.5) is 0 Å². The molecule has 21 heavy (non-hydrogen) atoms. The number of aliphatic carboxylic acids is 1. The Morgan fingerprint density at radius 3 is 2.90 bits per heavy atom. The smallest absolute Gasteiger partial charge is 0.303 e. The quantitative estimate of drug-likeness (QED) is 0.861. The van der Waals surface area contributed by atoms with Crippen molar-refractivity contribution in [2.45, 2.75) is 25.7 Å². The number of nitrogens with zero attached hydrogens (tertiary/aromatic N) is 2. The van der Waals surface area contributed by atoms with Gasteiger partial charge >= 0.3 is 5.97 Å². The monoisotopic (exact) mass is 330 g/mol. The van der Waals surface area contributed by atoms with Crippen molar-refractivity contribution >= 4 is 35.1 Å². The fourth-order valence-electron chi connectivity index (χ4n) is 2.56. The van der Waals surface area contributed by atoms with Gasteiger partial charge in [0.2, 0.25) is 0 Å². The Kier molecular flexibility index (Phi) is 5.42. The molecule has 1 aromatic heterocycles. The lowest BCUT2D eigenvalue weighted by Crippen LogP contribution is -2.40. The van der Waals surface area contributed by atoms with Gasteiger partial charge in [0.05, 0.1) is 10.6 Å². The summed E-state index contributed by atoms with van der Waals surface area (Å²) in [5.74, 6) is -0.762. The fourth-order valence-corrected chi connectivity index (χ4v) is 2.90. The molecule has 1 saturated heterocycles. The molecule has 0 radical (unpaired) electrons. The SMILES string of the molecule is O=C(O)CCC1CCCN(C(=O)c2cc(Cl)ncc2Cl)C1. The lowest BCUT2D eigenvalue weighted by Gasteiger charge is -2.32. The summed E-state index contributed by atoms with van der Waals surface area (Å²) in [6, 6.07) is 1.47. The van der Waals surface area contributed by atoms with E-state index in [4.69, 9.17) is 28.3 Å². The number of carbonyl (C=O) groups excluding carboxylic acids is 1. The second-order valence-corrected chi connectivity index (χ2v) is 5.97. The zero-order valence-corrected chi connectivity index (χ0v) is 12.9. The minimum absolute atomic E-state index is 0.133. The Labute approximate surface area is 132 Å². The molecule has 1 amide bonds. The molecule has 114 valence electrons. The largest absolute Gasteiger partial charge is 0.481 e. The number of carboxylic acid groups (broad SMARTS) is 1. The Hall–Kier alpha value is -1.33. The summed E-state index contributed by atoms with van der Waals surface area (Å²) >= 11 is 11.8. The van der Waals surface area contributed by atoms with E-state index in [9.17, 15) is 9.59 Å². The van der Waals surface area contributed by atoms with Crippen LogP contribution in [0.5, 0.6) is 0 Å². The molecule has 1 unspecified atom stereocenters. The van der Waals surface area contributed by atoms with E-state index in [1.807, 2.05) is 0 Å². The van der Waals surface area contributed by atoms with E-state index in [1.165, 1.54) is 12.3 Å². The molecule has 1 aromatic rings. The van der Waals surface area contributed by atoms with Crippen LogP contribution in [0.3, 0.4) is 0 Å². The first-order valence-electron chi connectivity index (χ1n) is 6.79. The second-order valence-electron chi connectivity index (χ2n) is 5.18. The van der Waals surface area contributed by atoms with Crippen molar-refractivity contribution in [3.05, 3.63) is 28.0 Å². The Morgan fingerprint density at radius 1 is 1.43 bits per heavy atom. The van der Waals surface area contributed by atoms with Gasteiger partial charge in [-0.2, -0.15) is 0 Å². The number of amides is 1. The Balaban J connectivity index is 2.05. The van der Waals surface area contributed by atoms with Gasteiger partial charge in [-0.05, 0) is 31.2 Å². The first-order valence-corrected chi connectivity index (χ1v) is 7.55. The Bertz CT molecular complexity index is 551. The molecule has 0 aromatic carbocycles. The minimum Gasteiger partial charge on any atom is -0.481 e. The molecule has 1 aliphatic rings. The molecule has 0 bridgehead atoms. The molecular formula is C14H16Cl2N2O3. The summed E-state index contributed by atoms with van der Waals surface area (Å²) in [4.78, 5) is 28.7. The molecule has 5 nitrogen and oxygen atoms in total. The van der Waals surface area contributed by atoms with Crippen LogP contribution in [-0.4, -0.2) is 40.0 Å². The van der Waals surface area contributed by atoms with Crippen LogP contribution >= 0.6 is 23.2 Å². The van der Waals surface area contributed by atoms with Crippen LogP contribution in [-0.2, 0) is 4.79 Å². The lowest BCUT2D eigenvalue weighted by atomic mass is 9.93. The van der Waals surface area contributed by atoms with Gasteiger partial charge in [0.1, 0.15) is 5.15 Å². The van der Waals surface area contributed by atoms with E-state index in [-0.39, 0.29) is 28.4 Å². The summed E-state index contributed by atoms with van der Waals surface area (Å²) in [5.41, 5.74) is 0.343. The molecular weight excluding hydrogens is 315 g/mol. The molecule has 7 heteroatoms. The number of rotatable bonds is 4. The van der Waals surface area contributed by atoms with E-state index in [0.29, 0.717) is 25.1 Å². The zero-order valence-electron chi connectivity index (χ0n) is 11.4. The van der Waals surface area contributed by atoms with Crippen LogP contribution in [0.2, 0.25) is 10.2 Å². The van der Waals surface area contributed by atoms with Gasteiger partial charge in [-0.3, -0.25) is 9.59 Å². The highest BCUT2D eigenvalue weighted by atomic mass is 35.5. The molecule has 1 N–H and O–H groups in total. The van der Waals surface area contributed by atoms with Crippen molar-refractivity contribution in [2.75, 3.05) is 13.1 Å². The second kappa shape index (κ2) is 7.09. The number of carbonyl (C=O) groups is 2. The average molecular weight is 331 g/mol. The van der Waals surface area contributed by atoms with Crippen molar-refractivity contribution in [2.24, 2.45) is 5.92 Å². The topological polar surface area (TPSA) is 70.5 Å². The maximum Gasteiger partial charge on any atom is 0.303 e. The number of hydrogen-bond acceptors (Lipinski definition) is 3. The zero-order chi connectivity index (χ0) is 15.4. The average Bonchev–Trinajstić information content (AvgIpc) is 2.47. The van der Waals surface area contributed by atoms with Crippen molar-refractivity contribution in [1.29, 1.82) is 0 Å². The number of likely N-dealkylation sites (tertiary alicyclic amines) is 1. The number of pyridine rings is 1. The summed E-state index contributed by atoms with van der Waals surface area (Å²) in [5, 5.41) is 9.24. The molecule has 2 rings (SSSR count). The van der Waals surface area contributed by atoms with Crippen molar-refractivity contribution in [3.8, 4) is 0 Å². The first kappa shape index (κ1) is 16.0. The fraction of sp³-hybridized carbons (Fsp3) is 0.500. The highest BCUT2D eigenvalue weighted by Gasteiger charge is 2.26. The molecule has 1 aliphatic heterocycles. The van der Waals surface area contributed by atoms with Crippen molar-refractivity contribution in [1.82, 2.24) is 9.88 Å². The highest BCUT2D eigenvalue weighted by Crippen LogP contribution is 2.25. The number of halogens is 2. The Morgan fingerprint density at radius 2 is 2.19 bits per heavy atom. The van der Waals surface area contributed by atoms with E-state index < -0.39 is 5.97 Å². The van der Waals surface area contributed by atoms with Crippen LogP contribution < -0.4 is 0 Å². The van der Waals surface area contributed by atoms with Gasteiger partial charge in [-0.15, -0.1) is 0 Å². The van der Waals surface area contributed by atoms with Crippen molar-refractivity contribution < 1.29 is 14.7 Å². The standard InChI is InChI=1S/C14H16Cl2N2O3/c15-11-7-17-12(16)6-10(11)14(21)18-5-1-2-9(8-18)3-4-13(19)20/h6-7,9H,1-5,8H2,(H,19,20). The van der Waals surface area contributed by atoms with Gasteiger partial charge < -0.3 is 10.0 Å². The van der Waals surface area contributed by atoms with Crippen LogP contribution in [0.15, 0.2) is 12.3 Å². The highest BCUT2D eigenvalue weighted by molar-refractivity contribution is 6.35.